The number of carbonyl (C=O) groups is 1. The Balaban J connectivity index is 1.33. The van der Waals surface area contributed by atoms with Crippen LogP contribution in [-0.4, -0.2) is 15.9 Å². The van der Waals surface area contributed by atoms with E-state index in [0.717, 1.165) is 26.3 Å². The van der Waals surface area contributed by atoms with E-state index in [-0.39, 0.29) is 19.0 Å². The lowest BCUT2D eigenvalue weighted by molar-refractivity contribution is -0.145. The molecule has 0 aliphatic heterocycles. The van der Waals surface area contributed by atoms with E-state index < -0.39 is 0 Å². The molecule has 0 aliphatic rings. The third kappa shape index (κ3) is 3.14. The van der Waals surface area contributed by atoms with E-state index in [1.54, 1.807) is 0 Å². The van der Waals surface area contributed by atoms with Crippen LogP contribution in [0, 0.1) is 0 Å². The number of fused-ring (bicyclic) bond motifs is 2. The lowest BCUT2D eigenvalue weighted by Gasteiger charge is -2.00. The minimum absolute atomic E-state index is 0.200. The summed E-state index contributed by atoms with van der Waals surface area (Å²) >= 11 is 1.54. The van der Waals surface area contributed by atoms with Gasteiger partial charge in [-0.25, -0.2) is 9.97 Å². The summed E-state index contributed by atoms with van der Waals surface area (Å²) in [5, 5.41) is 0.798. The Morgan fingerprint density at radius 3 is 2.67 bits per heavy atom. The average molecular weight is 338 g/mol. The van der Waals surface area contributed by atoms with Gasteiger partial charge in [-0.3, -0.25) is 4.79 Å². The number of hydrogen-bond donors (Lipinski definition) is 0. The smallest absolute Gasteiger partial charge is 0.306 e. The maximum atomic E-state index is 11.9. The number of esters is 1. The summed E-state index contributed by atoms with van der Waals surface area (Å²) in [5.41, 5.74) is 2.46. The van der Waals surface area contributed by atoms with Crippen LogP contribution < -0.4 is 0 Å². The first-order valence-electron chi connectivity index (χ1n) is 7.62. The summed E-state index contributed by atoms with van der Waals surface area (Å²) in [6, 6.07) is 15.4. The average Bonchev–Trinajstić information content (AvgIpc) is 3.21. The maximum Gasteiger partial charge on any atom is 0.306 e. The van der Waals surface area contributed by atoms with Gasteiger partial charge in [0, 0.05) is 6.42 Å². The zero-order valence-corrected chi connectivity index (χ0v) is 13.6. The monoisotopic (exact) mass is 338 g/mol. The lowest BCUT2D eigenvalue weighted by atomic mass is 10.3. The van der Waals surface area contributed by atoms with Crippen molar-refractivity contribution in [1.82, 2.24) is 9.97 Å². The fraction of sp³-hybridized carbons (Fsp3) is 0.167. The summed E-state index contributed by atoms with van der Waals surface area (Å²) in [6.07, 6.45) is 0.658. The fourth-order valence-electron chi connectivity index (χ4n) is 2.43. The van der Waals surface area contributed by atoms with Gasteiger partial charge in [-0.2, -0.15) is 0 Å². The third-order valence-corrected chi connectivity index (χ3v) is 4.59. The van der Waals surface area contributed by atoms with Crippen LogP contribution in [-0.2, 0) is 22.6 Å². The molecule has 0 N–H and O–H groups in total. The molecule has 0 saturated carbocycles. The van der Waals surface area contributed by atoms with E-state index in [4.69, 9.17) is 9.15 Å². The first-order valence-corrected chi connectivity index (χ1v) is 8.44. The van der Waals surface area contributed by atoms with Gasteiger partial charge in [0.1, 0.15) is 17.1 Å². The molecule has 24 heavy (non-hydrogen) atoms. The van der Waals surface area contributed by atoms with E-state index >= 15 is 0 Å². The van der Waals surface area contributed by atoms with Gasteiger partial charge in [-0.1, -0.05) is 24.3 Å². The number of aromatic nitrogens is 2. The number of hydrogen-bond acceptors (Lipinski definition) is 6. The van der Waals surface area contributed by atoms with Crippen LogP contribution in [0.3, 0.4) is 0 Å². The van der Waals surface area contributed by atoms with E-state index in [1.165, 1.54) is 11.3 Å². The lowest BCUT2D eigenvalue weighted by Crippen LogP contribution is -2.05. The predicted octanol–water partition coefficient (Wildman–Crippen LogP) is 4.11. The van der Waals surface area contributed by atoms with Crippen molar-refractivity contribution in [3.05, 3.63) is 59.4 Å². The molecule has 0 fully saturated rings. The second-order valence-electron chi connectivity index (χ2n) is 5.31. The van der Waals surface area contributed by atoms with Crippen LogP contribution in [0.25, 0.3) is 21.3 Å². The molecule has 0 saturated heterocycles. The summed E-state index contributed by atoms with van der Waals surface area (Å²) in [6.45, 7) is 0.200. The number of carbonyl (C=O) groups excluding carboxylic acids is 1. The van der Waals surface area contributed by atoms with Gasteiger partial charge < -0.3 is 9.15 Å². The zero-order valence-electron chi connectivity index (χ0n) is 12.8. The Morgan fingerprint density at radius 1 is 1.04 bits per heavy atom. The Kier molecular flexibility index (Phi) is 3.96. The van der Waals surface area contributed by atoms with Crippen LogP contribution in [0.2, 0.25) is 0 Å². The van der Waals surface area contributed by atoms with Gasteiger partial charge >= 0.3 is 5.97 Å². The number of benzene rings is 2. The Labute approximate surface area is 141 Å². The third-order valence-electron chi connectivity index (χ3n) is 3.58. The zero-order chi connectivity index (χ0) is 16.4. The molecule has 5 nitrogen and oxygen atoms in total. The Morgan fingerprint density at radius 2 is 1.83 bits per heavy atom. The van der Waals surface area contributed by atoms with E-state index in [2.05, 4.69) is 9.97 Å². The highest BCUT2D eigenvalue weighted by atomic mass is 32.1. The number of oxazole rings is 1. The molecule has 6 heteroatoms. The van der Waals surface area contributed by atoms with Crippen LogP contribution in [0.5, 0.6) is 0 Å². The highest BCUT2D eigenvalue weighted by Crippen LogP contribution is 2.22. The molecule has 0 atom stereocenters. The molecular formula is C18H14N2O3S. The van der Waals surface area contributed by atoms with Crippen LogP contribution in [0.15, 0.2) is 52.9 Å². The van der Waals surface area contributed by atoms with Crippen molar-refractivity contribution >= 4 is 38.6 Å². The number of ether oxygens (including phenoxy) is 1. The molecule has 0 unspecified atom stereocenters. The van der Waals surface area contributed by atoms with Crippen molar-refractivity contribution in [2.45, 2.75) is 19.4 Å². The van der Waals surface area contributed by atoms with Crippen molar-refractivity contribution in [1.29, 1.82) is 0 Å². The van der Waals surface area contributed by atoms with Gasteiger partial charge in [0.05, 0.1) is 16.6 Å². The van der Waals surface area contributed by atoms with E-state index in [1.807, 2.05) is 48.5 Å². The number of aryl methyl sites for hydroxylation is 1. The second kappa shape index (κ2) is 6.41. The molecule has 0 radical (unpaired) electrons. The van der Waals surface area contributed by atoms with Crippen molar-refractivity contribution in [3.8, 4) is 0 Å². The molecule has 2 heterocycles. The summed E-state index contributed by atoms with van der Waals surface area (Å²) in [5.74, 6) is 0.268. The predicted molar refractivity (Wildman–Crippen MR) is 91.7 cm³/mol. The van der Waals surface area contributed by atoms with Crippen molar-refractivity contribution in [2.24, 2.45) is 0 Å². The molecule has 0 aliphatic carbocycles. The summed E-state index contributed by atoms with van der Waals surface area (Å²) in [4.78, 5) is 20.7. The quantitative estimate of drug-likeness (QED) is 0.512. The van der Waals surface area contributed by atoms with E-state index in [0.29, 0.717) is 12.3 Å². The molecule has 120 valence electrons. The SMILES string of the molecule is O=C(CCc1nc2ccccc2o1)OCc1nc2ccccc2s1. The maximum absolute atomic E-state index is 11.9. The fourth-order valence-corrected chi connectivity index (χ4v) is 3.31. The minimum atomic E-state index is -0.281. The highest BCUT2D eigenvalue weighted by Gasteiger charge is 2.11. The molecule has 4 aromatic rings. The minimum Gasteiger partial charge on any atom is -0.458 e. The summed E-state index contributed by atoms with van der Waals surface area (Å²) in [7, 11) is 0. The molecule has 2 aromatic carbocycles. The topological polar surface area (TPSA) is 65.2 Å². The van der Waals surface area contributed by atoms with Gasteiger partial charge in [0.2, 0.25) is 0 Å². The number of thiazole rings is 1. The molecule has 4 rings (SSSR count). The largest absolute Gasteiger partial charge is 0.458 e. The molecule has 0 spiro atoms. The van der Waals surface area contributed by atoms with Crippen molar-refractivity contribution < 1.29 is 13.9 Å². The number of para-hydroxylation sites is 3. The standard InChI is InChI=1S/C18H14N2O3S/c21-18(10-9-16-19-12-5-1-3-7-14(12)23-16)22-11-17-20-13-6-2-4-8-15(13)24-17/h1-8H,9-11H2. The first kappa shape index (κ1) is 14.8. The van der Waals surface area contributed by atoms with Gasteiger partial charge in [0.15, 0.2) is 11.5 Å². The van der Waals surface area contributed by atoms with Crippen LogP contribution in [0.4, 0.5) is 0 Å². The van der Waals surface area contributed by atoms with Crippen LogP contribution >= 0.6 is 11.3 Å². The van der Waals surface area contributed by atoms with Crippen LogP contribution in [0.1, 0.15) is 17.3 Å². The molecular weight excluding hydrogens is 324 g/mol. The molecule has 0 amide bonds. The number of nitrogens with zero attached hydrogens (tertiary/aromatic N) is 2. The normalized spacial score (nSPS) is 11.2. The Bertz CT molecular complexity index is 860. The van der Waals surface area contributed by atoms with Crippen molar-refractivity contribution in [2.75, 3.05) is 0 Å². The Hall–Kier alpha value is -2.73. The number of rotatable bonds is 5. The van der Waals surface area contributed by atoms with Gasteiger partial charge in [-0.15, -0.1) is 11.3 Å². The molecule has 0 bridgehead atoms. The highest BCUT2D eigenvalue weighted by molar-refractivity contribution is 7.18. The first-order chi connectivity index (χ1) is 11.8. The molecule has 2 aromatic heterocycles. The van der Waals surface area contributed by atoms with Gasteiger partial charge in [0.25, 0.3) is 0 Å². The van der Waals surface area contributed by atoms with Crippen molar-refractivity contribution in [3.63, 3.8) is 0 Å². The second-order valence-corrected chi connectivity index (χ2v) is 6.43. The van der Waals surface area contributed by atoms with E-state index in [9.17, 15) is 4.79 Å². The summed E-state index contributed by atoms with van der Waals surface area (Å²) < 4.78 is 12.0. The van der Waals surface area contributed by atoms with Gasteiger partial charge in [-0.05, 0) is 24.3 Å².